The van der Waals surface area contributed by atoms with Gasteiger partial charge in [0.05, 0.1) is 4.92 Å². The van der Waals surface area contributed by atoms with E-state index >= 15 is 0 Å². The molecular formula is C16H20N2O5. The van der Waals surface area contributed by atoms with Crippen molar-refractivity contribution >= 4 is 17.9 Å². The molecule has 2 rings (SSSR count). The van der Waals surface area contributed by atoms with Gasteiger partial charge in [-0.2, -0.15) is 0 Å². The molecule has 0 aromatic heterocycles. The number of rotatable bonds is 5. The van der Waals surface area contributed by atoms with Gasteiger partial charge in [-0.05, 0) is 30.4 Å². The summed E-state index contributed by atoms with van der Waals surface area (Å²) in [6.07, 6.45) is 1.61. The summed E-state index contributed by atoms with van der Waals surface area (Å²) in [5.41, 5.74) is -0.128. The van der Waals surface area contributed by atoms with E-state index in [2.05, 4.69) is 13.8 Å². The largest absolute Gasteiger partial charge is 0.477 e. The first-order valence-corrected chi connectivity index (χ1v) is 7.55. The maximum absolute atomic E-state index is 12.2. The first-order valence-electron chi connectivity index (χ1n) is 7.55. The number of nitrogens with zero attached hydrogens (tertiary/aromatic N) is 2. The molecular weight excluding hydrogens is 300 g/mol. The van der Waals surface area contributed by atoms with Crippen LogP contribution < -0.4 is 4.74 Å². The zero-order chi connectivity index (χ0) is 17.0. The average Bonchev–Trinajstić information content (AvgIpc) is 2.51. The van der Waals surface area contributed by atoms with Gasteiger partial charge in [-0.25, -0.2) is 0 Å². The number of benzene rings is 1. The number of aldehydes is 1. The number of ether oxygens (including phenoxy) is 1. The summed E-state index contributed by atoms with van der Waals surface area (Å²) in [6, 6.07) is 3.90. The molecule has 1 aromatic carbocycles. The first-order chi connectivity index (χ1) is 10.9. The molecule has 0 aliphatic carbocycles. The monoisotopic (exact) mass is 320 g/mol. The number of hydrogen-bond donors (Lipinski definition) is 0. The summed E-state index contributed by atoms with van der Waals surface area (Å²) in [6.45, 7) is 5.30. The Morgan fingerprint density at radius 2 is 2.04 bits per heavy atom. The number of amides is 1. The topological polar surface area (TPSA) is 89.8 Å². The van der Waals surface area contributed by atoms with E-state index in [0.717, 1.165) is 12.5 Å². The Morgan fingerprint density at radius 1 is 1.39 bits per heavy atom. The van der Waals surface area contributed by atoms with Gasteiger partial charge in [-0.3, -0.25) is 19.7 Å². The summed E-state index contributed by atoms with van der Waals surface area (Å²) in [4.78, 5) is 35.1. The van der Waals surface area contributed by atoms with Gasteiger partial charge in [0.15, 0.2) is 12.4 Å². The molecule has 1 aromatic rings. The van der Waals surface area contributed by atoms with E-state index in [4.69, 9.17) is 4.74 Å². The number of nitro groups is 1. The Labute approximate surface area is 134 Å². The number of likely N-dealkylation sites (tertiary alicyclic amines) is 1. The second-order valence-electron chi connectivity index (χ2n) is 6.14. The van der Waals surface area contributed by atoms with Crippen molar-refractivity contribution in [1.82, 2.24) is 4.90 Å². The van der Waals surface area contributed by atoms with E-state index in [9.17, 15) is 19.7 Å². The summed E-state index contributed by atoms with van der Waals surface area (Å²) in [7, 11) is 0. The second-order valence-corrected chi connectivity index (χ2v) is 6.14. The molecule has 1 aliphatic heterocycles. The van der Waals surface area contributed by atoms with Gasteiger partial charge in [0.25, 0.3) is 5.91 Å². The average molecular weight is 320 g/mol. The van der Waals surface area contributed by atoms with E-state index in [1.807, 2.05) is 0 Å². The highest BCUT2D eigenvalue weighted by atomic mass is 16.6. The quantitative estimate of drug-likeness (QED) is 0.472. The fourth-order valence-electron chi connectivity index (χ4n) is 2.97. The SMILES string of the molecule is C[C@H]1C[C@H](C)CN(C(=O)COc2ccc(C=O)cc2[N+](=O)[O-])C1. The van der Waals surface area contributed by atoms with E-state index in [0.29, 0.717) is 31.2 Å². The van der Waals surface area contributed by atoms with Gasteiger partial charge in [0.2, 0.25) is 0 Å². The van der Waals surface area contributed by atoms with Crippen molar-refractivity contribution in [1.29, 1.82) is 0 Å². The molecule has 0 radical (unpaired) electrons. The van der Waals surface area contributed by atoms with Crippen LogP contribution in [0, 0.1) is 22.0 Å². The molecule has 1 amide bonds. The smallest absolute Gasteiger partial charge is 0.311 e. The van der Waals surface area contributed by atoms with Gasteiger partial charge in [-0.15, -0.1) is 0 Å². The van der Waals surface area contributed by atoms with Crippen LogP contribution in [0.15, 0.2) is 18.2 Å². The van der Waals surface area contributed by atoms with Crippen LogP contribution in [0.1, 0.15) is 30.6 Å². The zero-order valence-electron chi connectivity index (χ0n) is 13.2. The van der Waals surface area contributed by atoms with Crippen molar-refractivity contribution in [2.45, 2.75) is 20.3 Å². The van der Waals surface area contributed by atoms with E-state index in [1.165, 1.54) is 12.1 Å². The highest BCUT2D eigenvalue weighted by Crippen LogP contribution is 2.28. The Bertz CT molecular complexity index is 606. The minimum atomic E-state index is -0.627. The summed E-state index contributed by atoms with van der Waals surface area (Å²) in [5.74, 6) is 0.678. The number of hydrogen-bond acceptors (Lipinski definition) is 5. The maximum atomic E-state index is 12.2. The molecule has 1 aliphatic rings. The fourth-order valence-corrected chi connectivity index (χ4v) is 2.97. The normalized spacial score (nSPS) is 20.9. The molecule has 1 fully saturated rings. The number of carbonyl (C=O) groups is 2. The van der Waals surface area contributed by atoms with Gasteiger partial charge >= 0.3 is 5.69 Å². The molecule has 7 heteroatoms. The van der Waals surface area contributed by atoms with Crippen molar-refractivity contribution in [2.75, 3.05) is 19.7 Å². The van der Waals surface area contributed by atoms with E-state index in [1.54, 1.807) is 4.90 Å². The molecule has 2 atom stereocenters. The molecule has 124 valence electrons. The molecule has 0 bridgehead atoms. The molecule has 7 nitrogen and oxygen atoms in total. The van der Waals surface area contributed by atoms with Crippen LogP contribution in [0.25, 0.3) is 0 Å². The highest BCUT2D eigenvalue weighted by Gasteiger charge is 2.26. The van der Waals surface area contributed by atoms with Crippen molar-refractivity contribution in [3.8, 4) is 5.75 Å². The van der Waals surface area contributed by atoms with Crippen LogP contribution >= 0.6 is 0 Å². The van der Waals surface area contributed by atoms with Crippen LogP contribution in [-0.4, -0.2) is 41.7 Å². The zero-order valence-corrected chi connectivity index (χ0v) is 13.2. The van der Waals surface area contributed by atoms with E-state index in [-0.39, 0.29) is 29.5 Å². The predicted octanol–water partition coefficient (Wildman–Crippen LogP) is 2.29. The third kappa shape index (κ3) is 4.28. The molecule has 0 N–H and O–H groups in total. The van der Waals surface area contributed by atoms with Gasteiger partial charge in [-0.1, -0.05) is 13.8 Å². The lowest BCUT2D eigenvalue weighted by atomic mass is 9.92. The number of piperidine rings is 1. The minimum absolute atomic E-state index is 0.00736. The summed E-state index contributed by atoms with van der Waals surface area (Å²) < 4.78 is 5.33. The maximum Gasteiger partial charge on any atom is 0.311 e. The lowest BCUT2D eigenvalue weighted by molar-refractivity contribution is -0.385. The van der Waals surface area contributed by atoms with Crippen LogP contribution in [0.2, 0.25) is 0 Å². The van der Waals surface area contributed by atoms with Crippen LogP contribution in [0.5, 0.6) is 5.75 Å². The van der Waals surface area contributed by atoms with Gasteiger partial charge < -0.3 is 9.64 Å². The first kappa shape index (κ1) is 16.9. The van der Waals surface area contributed by atoms with Crippen LogP contribution in [0.3, 0.4) is 0 Å². The van der Waals surface area contributed by atoms with Crippen molar-refractivity contribution in [3.63, 3.8) is 0 Å². The molecule has 0 saturated carbocycles. The Morgan fingerprint density at radius 3 is 2.61 bits per heavy atom. The number of carbonyl (C=O) groups excluding carboxylic acids is 2. The molecule has 0 spiro atoms. The second kappa shape index (κ2) is 7.21. The third-order valence-corrected chi connectivity index (χ3v) is 3.89. The lowest BCUT2D eigenvalue weighted by Crippen LogP contribution is -2.44. The van der Waals surface area contributed by atoms with Crippen LogP contribution in [0.4, 0.5) is 5.69 Å². The third-order valence-electron chi connectivity index (χ3n) is 3.89. The molecule has 0 unspecified atom stereocenters. The Hall–Kier alpha value is -2.44. The fraction of sp³-hybridized carbons (Fsp3) is 0.500. The highest BCUT2D eigenvalue weighted by molar-refractivity contribution is 5.79. The van der Waals surface area contributed by atoms with Crippen molar-refractivity contribution in [2.24, 2.45) is 11.8 Å². The molecule has 23 heavy (non-hydrogen) atoms. The number of nitro benzene ring substituents is 1. The standard InChI is InChI=1S/C16H20N2O5/c1-11-5-12(2)8-17(7-11)16(20)10-23-15-4-3-13(9-19)6-14(15)18(21)22/h3-4,6,9,11-12H,5,7-8,10H2,1-2H3/t11-,12-/m0/s1. The predicted molar refractivity (Wildman–Crippen MR) is 83.5 cm³/mol. The van der Waals surface area contributed by atoms with E-state index < -0.39 is 4.92 Å². The summed E-state index contributed by atoms with van der Waals surface area (Å²) >= 11 is 0. The Balaban J connectivity index is 2.04. The van der Waals surface area contributed by atoms with Crippen LogP contribution in [-0.2, 0) is 4.79 Å². The molecule has 1 heterocycles. The van der Waals surface area contributed by atoms with Crippen molar-refractivity contribution in [3.05, 3.63) is 33.9 Å². The molecule has 1 saturated heterocycles. The lowest BCUT2D eigenvalue weighted by Gasteiger charge is -2.34. The van der Waals surface area contributed by atoms with Gasteiger partial charge in [0, 0.05) is 24.7 Å². The minimum Gasteiger partial charge on any atom is -0.477 e. The Kier molecular flexibility index (Phi) is 5.31. The van der Waals surface area contributed by atoms with Crippen molar-refractivity contribution < 1.29 is 19.2 Å². The summed E-state index contributed by atoms with van der Waals surface area (Å²) in [5, 5.41) is 11.0. The van der Waals surface area contributed by atoms with Gasteiger partial charge in [0.1, 0.15) is 6.29 Å².